The van der Waals surface area contributed by atoms with Crippen molar-refractivity contribution < 1.29 is 0 Å². The molecule has 3 nitrogen and oxygen atoms in total. The molecule has 0 unspecified atom stereocenters. The van der Waals surface area contributed by atoms with E-state index >= 15 is 0 Å². The summed E-state index contributed by atoms with van der Waals surface area (Å²) in [7, 11) is 4.17. The number of hydrogen-bond donors (Lipinski definition) is 1. The molecule has 0 aromatic carbocycles. The lowest BCUT2D eigenvalue weighted by Gasteiger charge is -2.06. The molecule has 1 aromatic heterocycles. The maximum Gasteiger partial charge on any atom is 0.0940 e. The van der Waals surface area contributed by atoms with E-state index in [0.717, 1.165) is 24.4 Å². The average molecular weight is 199 g/mol. The largest absolute Gasteiger partial charge is 0.330 e. The number of nitrogens with zero attached hydrogens (tertiary/aromatic N) is 2. The first-order valence-electron chi connectivity index (χ1n) is 4.50. The summed E-state index contributed by atoms with van der Waals surface area (Å²) in [5.41, 5.74) is 5.45. The van der Waals surface area contributed by atoms with Crippen molar-refractivity contribution in [1.82, 2.24) is 9.88 Å². The minimum absolute atomic E-state index is 0.695. The van der Waals surface area contributed by atoms with Gasteiger partial charge in [-0.3, -0.25) is 0 Å². The van der Waals surface area contributed by atoms with Crippen molar-refractivity contribution in [2.24, 2.45) is 5.73 Å². The maximum absolute atomic E-state index is 5.45. The van der Waals surface area contributed by atoms with Crippen LogP contribution in [0.3, 0.4) is 0 Å². The molecule has 0 aliphatic carbocycles. The fourth-order valence-electron chi connectivity index (χ4n) is 1.04. The minimum Gasteiger partial charge on any atom is -0.330 e. The predicted molar refractivity (Wildman–Crippen MR) is 57.1 cm³/mol. The molecule has 0 saturated heterocycles. The molecule has 0 saturated carbocycles. The Bertz CT molecular complexity index is 245. The molecule has 0 atom stereocenters. The molecule has 0 aliphatic heterocycles. The number of aromatic nitrogens is 1. The van der Waals surface area contributed by atoms with Crippen molar-refractivity contribution in [2.45, 2.75) is 12.8 Å². The van der Waals surface area contributed by atoms with Gasteiger partial charge in [0.15, 0.2) is 0 Å². The monoisotopic (exact) mass is 199 g/mol. The Morgan fingerprint density at radius 2 is 2.23 bits per heavy atom. The summed E-state index contributed by atoms with van der Waals surface area (Å²) in [6.07, 6.45) is 3.97. The Hall–Kier alpha value is -0.450. The van der Waals surface area contributed by atoms with Crippen molar-refractivity contribution in [3.05, 3.63) is 16.1 Å². The number of likely N-dealkylation sites (N-methyl/N-ethyl adjacent to an activating group) is 1. The normalized spacial score (nSPS) is 11.1. The van der Waals surface area contributed by atoms with Crippen LogP contribution in [0.25, 0.3) is 0 Å². The molecular weight excluding hydrogens is 182 g/mol. The van der Waals surface area contributed by atoms with Gasteiger partial charge in [0.05, 0.1) is 5.01 Å². The van der Waals surface area contributed by atoms with Crippen LogP contribution in [-0.4, -0.2) is 37.1 Å². The minimum atomic E-state index is 0.695. The highest BCUT2D eigenvalue weighted by Gasteiger charge is 2.01. The quantitative estimate of drug-likeness (QED) is 0.761. The van der Waals surface area contributed by atoms with Gasteiger partial charge in [-0.2, -0.15) is 0 Å². The van der Waals surface area contributed by atoms with Gasteiger partial charge in [-0.25, -0.2) is 4.98 Å². The molecule has 0 amide bonds. The summed E-state index contributed by atoms with van der Waals surface area (Å²) in [5, 5.41) is 1.16. The SMILES string of the molecule is CN(C)CCc1cnc(CCN)s1. The highest BCUT2D eigenvalue weighted by molar-refractivity contribution is 7.11. The molecule has 0 fully saturated rings. The van der Waals surface area contributed by atoms with Crippen molar-refractivity contribution in [1.29, 1.82) is 0 Å². The van der Waals surface area contributed by atoms with E-state index in [1.165, 1.54) is 4.88 Å². The van der Waals surface area contributed by atoms with Crippen molar-refractivity contribution in [3.63, 3.8) is 0 Å². The van der Waals surface area contributed by atoms with Gasteiger partial charge in [-0.05, 0) is 27.1 Å². The number of nitrogens with two attached hydrogens (primary N) is 1. The molecule has 74 valence electrons. The van der Waals surface area contributed by atoms with E-state index in [1.807, 2.05) is 6.20 Å². The van der Waals surface area contributed by atoms with E-state index in [-0.39, 0.29) is 0 Å². The van der Waals surface area contributed by atoms with E-state index < -0.39 is 0 Å². The third-order valence-corrected chi connectivity index (χ3v) is 2.88. The number of hydrogen-bond acceptors (Lipinski definition) is 4. The molecule has 0 aliphatic rings. The molecule has 1 rings (SSSR count). The van der Waals surface area contributed by atoms with Crippen LogP contribution in [-0.2, 0) is 12.8 Å². The summed E-state index contributed by atoms with van der Waals surface area (Å²) in [6, 6.07) is 0. The molecule has 0 bridgehead atoms. The van der Waals surface area contributed by atoms with Gasteiger partial charge in [-0.1, -0.05) is 0 Å². The van der Waals surface area contributed by atoms with Crippen LogP contribution in [0.15, 0.2) is 6.20 Å². The summed E-state index contributed by atoms with van der Waals surface area (Å²) in [4.78, 5) is 7.85. The van der Waals surface area contributed by atoms with E-state index in [9.17, 15) is 0 Å². The summed E-state index contributed by atoms with van der Waals surface area (Å²) in [6.45, 7) is 1.78. The zero-order valence-corrected chi connectivity index (χ0v) is 9.10. The molecule has 1 aromatic rings. The zero-order valence-electron chi connectivity index (χ0n) is 8.29. The highest BCUT2D eigenvalue weighted by atomic mass is 32.1. The van der Waals surface area contributed by atoms with Crippen LogP contribution in [0.2, 0.25) is 0 Å². The fraction of sp³-hybridized carbons (Fsp3) is 0.667. The van der Waals surface area contributed by atoms with Gasteiger partial charge in [-0.15, -0.1) is 11.3 Å². The van der Waals surface area contributed by atoms with Gasteiger partial charge in [0.25, 0.3) is 0 Å². The van der Waals surface area contributed by atoms with Crippen molar-refractivity contribution >= 4 is 11.3 Å². The Morgan fingerprint density at radius 1 is 1.46 bits per heavy atom. The molecule has 0 spiro atoms. The van der Waals surface area contributed by atoms with Crippen LogP contribution in [0.5, 0.6) is 0 Å². The van der Waals surface area contributed by atoms with E-state index in [4.69, 9.17) is 5.73 Å². The zero-order chi connectivity index (χ0) is 9.68. The summed E-state index contributed by atoms with van der Waals surface area (Å²) in [5.74, 6) is 0. The van der Waals surface area contributed by atoms with Gasteiger partial charge >= 0.3 is 0 Å². The highest BCUT2D eigenvalue weighted by Crippen LogP contribution is 2.13. The second kappa shape index (κ2) is 5.32. The van der Waals surface area contributed by atoms with Crippen LogP contribution in [0, 0.1) is 0 Å². The Balaban J connectivity index is 2.39. The molecule has 2 N–H and O–H groups in total. The fourth-order valence-corrected chi connectivity index (χ4v) is 1.96. The smallest absolute Gasteiger partial charge is 0.0940 e. The van der Waals surface area contributed by atoms with Crippen LogP contribution < -0.4 is 5.73 Å². The third kappa shape index (κ3) is 3.85. The lowest BCUT2D eigenvalue weighted by atomic mass is 10.4. The molecular formula is C9H17N3S. The Labute approximate surface area is 83.6 Å². The predicted octanol–water partition coefficient (Wildman–Crippen LogP) is 0.748. The van der Waals surface area contributed by atoms with Crippen molar-refractivity contribution in [2.75, 3.05) is 27.2 Å². The first-order valence-corrected chi connectivity index (χ1v) is 5.32. The van der Waals surface area contributed by atoms with E-state index in [1.54, 1.807) is 11.3 Å². The van der Waals surface area contributed by atoms with Gasteiger partial charge in [0, 0.05) is 24.0 Å². The van der Waals surface area contributed by atoms with Gasteiger partial charge in [0.1, 0.15) is 0 Å². The van der Waals surface area contributed by atoms with Gasteiger partial charge in [0.2, 0.25) is 0 Å². The molecule has 1 heterocycles. The van der Waals surface area contributed by atoms with Gasteiger partial charge < -0.3 is 10.6 Å². The van der Waals surface area contributed by atoms with Crippen LogP contribution in [0.4, 0.5) is 0 Å². The first kappa shape index (κ1) is 10.6. The summed E-state index contributed by atoms with van der Waals surface area (Å²) < 4.78 is 0. The molecule has 13 heavy (non-hydrogen) atoms. The van der Waals surface area contributed by atoms with Crippen LogP contribution in [0.1, 0.15) is 9.88 Å². The topological polar surface area (TPSA) is 42.2 Å². The molecule has 0 radical (unpaired) electrons. The van der Waals surface area contributed by atoms with E-state index in [2.05, 4.69) is 24.0 Å². The lowest BCUT2D eigenvalue weighted by Crippen LogP contribution is -2.14. The first-order chi connectivity index (χ1) is 6.22. The average Bonchev–Trinajstić information content (AvgIpc) is 2.50. The second-order valence-electron chi connectivity index (χ2n) is 3.31. The number of thiazole rings is 1. The van der Waals surface area contributed by atoms with Crippen LogP contribution >= 0.6 is 11.3 Å². The van der Waals surface area contributed by atoms with Crippen molar-refractivity contribution in [3.8, 4) is 0 Å². The van der Waals surface area contributed by atoms with E-state index in [0.29, 0.717) is 6.54 Å². The standard InChI is InChI=1S/C9H17N3S/c1-12(2)6-4-8-7-11-9(13-8)3-5-10/h7H,3-6,10H2,1-2H3. The maximum atomic E-state index is 5.45. The summed E-state index contributed by atoms with van der Waals surface area (Å²) >= 11 is 1.78. The Morgan fingerprint density at radius 3 is 2.85 bits per heavy atom. The number of rotatable bonds is 5. The third-order valence-electron chi connectivity index (χ3n) is 1.77. The second-order valence-corrected chi connectivity index (χ2v) is 4.51. The molecule has 4 heteroatoms. The lowest BCUT2D eigenvalue weighted by molar-refractivity contribution is 0.415. The Kier molecular flexibility index (Phi) is 4.35.